The average molecular weight is 391 g/mol. The molecule has 0 bridgehead atoms. The number of likely N-dealkylation sites (tertiary alicyclic amines) is 1. The highest BCUT2D eigenvalue weighted by Gasteiger charge is 2.51. The zero-order valence-electron chi connectivity index (χ0n) is 18.0. The van der Waals surface area contributed by atoms with Crippen molar-refractivity contribution in [1.29, 1.82) is 0 Å². The lowest BCUT2D eigenvalue weighted by molar-refractivity contribution is -0.133. The van der Waals surface area contributed by atoms with E-state index in [0.717, 1.165) is 12.0 Å². The molecule has 2 heterocycles. The fraction of sp³-hybridized carbons (Fsp3) is 0.762. The maximum atomic E-state index is 12.9. The van der Waals surface area contributed by atoms with Crippen molar-refractivity contribution in [2.24, 2.45) is 17.3 Å². The third kappa shape index (κ3) is 4.24. The molecule has 2 aliphatic rings. The van der Waals surface area contributed by atoms with Crippen LogP contribution in [-0.2, 0) is 20.9 Å². The minimum Gasteiger partial charge on any atom is -0.383 e. The molecule has 1 aliphatic carbocycles. The Kier molecular flexibility index (Phi) is 5.58. The van der Waals surface area contributed by atoms with E-state index in [1.54, 1.807) is 7.11 Å². The Hall–Kier alpha value is -1.89. The van der Waals surface area contributed by atoms with Crippen LogP contribution in [0.25, 0.3) is 0 Å². The average Bonchev–Trinajstić information content (AvgIpc) is 2.95. The fourth-order valence-corrected chi connectivity index (χ4v) is 4.31. The SMILES string of the molecule is COCCn1cc([C@H]2[C@H](CNC(=O)C3CC3(C)C)CC(=O)N2C(C)(C)C)cn1. The van der Waals surface area contributed by atoms with Gasteiger partial charge >= 0.3 is 0 Å². The Bertz CT molecular complexity index is 734. The standard InChI is InChI=1S/C21H34N4O3/c1-20(2,3)25-17(26)9-14(11-22-19(27)16-10-21(16,4)5)18(25)15-12-23-24(13-15)7-8-28-6/h12-14,16,18H,7-11H2,1-6H3,(H,22,27)/t14-,16?,18+/m0/s1. The van der Waals surface area contributed by atoms with Crippen molar-refractivity contribution in [2.45, 2.75) is 65.6 Å². The Morgan fingerprint density at radius 1 is 1.39 bits per heavy atom. The van der Waals surface area contributed by atoms with Crippen molar-refractivity contribution in [1.82, 2.24) is 20.0 Å². The minimum absolute atomic E-state index is 0.0395. The number of rotatable bonds is 7. The van der Waals surface area contributed by atoms with Crippen molar-refractivity contribution in [3.05, 3.63) is 18.0 Å². The van der Waals surface area contributed by atoms with E-state index < -0.39 is 0 Å². The highest BCUT2D eigenvalue weighted by molar-refractivity contribution is 5.83. The van der Waals surface area contributed by atoms with Gasteiger partial charge in [0.05, 0.1) is 25.4 Å². The van der Waals surface area contributed by atoms with Crippen molar-refractivity contribution >= 4 is 11.8 Å². The molecule has 1 N–H and O–H groups in total. The van der Waals surface area contributed by atoms with E-state index in [1.165, 1.54) is 0 Å². The van der Waals surface area contributed by atoms with Crippen LogP contribution in [0.3, 0.4) is 0 Å². The van der Waals surface area contributed by atoms with Gasteiger partial charge in [0, 0.05) is 49.2 Å². The summed E-state index contributed by atoms with van der Waals surface area (Å²) < 4.78 is 6.98. The Labute approximate surface area is 167 Å². The minimum atomic E-state index is -0.298. The van der Waals surface area contributed by atoms with Crippen LogP contribution in [0, 0.1) is 17.3 Å². The largest absolute Gasteiger partial charge is 0.383 e. The van der Waals surface area contributed by atoms with Crippen molar-refractivity contribution in [3.63, 3.8) is 0 Å². The third-order valence-corrected chi connectivity index (χ3v) is 6.04. The van der Waals surface area contributed by atoms with Gasteiger partial charge in [0.15, 0.2) is 0 Å². The lowest BCUT2D eigenvalue weighted by atomic mass is 9.93. The number of aromatic nitrogens is 2. The van der Waals surface area contributed by atoms with E-state index in [1.807, 2.05) is 22.0 Å². The van der Waals surface area contributed by atoms with Crippen molar-refractivity contribution in [3.8, 4) is 0 Å². The van der Waals surface area contributed by atoms with Crippen LogP contribution in [0.1, 0.15) is 59.1 Å². The summed E-state index contributed by atoms with van der Waals surface area (Å²) in [5, 5.41) is 7.55. The molecule has 2 amide bonds. The van der Waals surface area contributed by atoms with Gasteiger partial charge in [0.25, 0.3) is 0 Å². The summed E-state index contributed by atoms with van der Waals surface area (Å²) in [5.74, 6) is 0.380. The molecule has 1 aromatic rings. The summed E-state index contributed by atoms with van der Waals surface area (Å²) in [6.45, 7) is 12.2. The molecule has 3 rings (SSSR count). The number of ether oxygens (including phenoxy) is 1. The molecule has 0 aromatic carbocycles. The van der Waals surface area contributed by atoms with Gasteiger partial charge in [-0.3, -0.25) is 14.3 Å². The van der Waals surface area contributed by atoms with Gasteiger partial charge in [0.2, 0.25) is 11.8 Å². The van der Waals surface area contributed by atoms with Crippen LogP contribution in [-0.4, -0.2) is 52.3 Å². The number of nitrogens with zero attached hydrogens (tertiary/aromatic N) is 3. The summed E-state index contributed by atoms with van der Waals surface area (Å²) in [4.78, 5) is 27.3. The van der Waals surface area contributed by atoms with Crippen LogP contribution >= 0.6 is 0 Å². The zero-order valence-corrected chi connectivity index (χ0v) is 18.0. The van der Waals surface area contributed by atoms with Crippen molar-refractivity contribution < 1.29 is 14.3 Å². The first-order valence-corrected chi connectivity index (χ1v) is 10.2. The maximum absolute atomic E-state index is 12.9. The van der Waals surface area contributed by atoms with Gasteiger partial charge in [-0.05, 0) is 32.6 Å². The summed E-state index contributed by atoms with van der Waals surface area (Å²) in [6, 6.07) is -0.0868. The van der Waals surface area contributed by atoms with Gasteiger partial charge in [-0.15, -0.1) is 0 Å². The number of carbonyl (C=O) groups excluding carboxylic acids is 2. The molecule has 7 heteroatoms. The van der Waals surface area contributed by atoms with Gasteiger partial charge < -0.3 is 15.0 Å². The molecule has 1 aromatic heterocycles. The molecule has 0 radical (unpaired) electrons. The molecular weight excluding hydrogens is 356 g/mol. The smallest absolute Gasteiger partial charge is 0.223 e. The van der Waals surface area contributed by atoms with Crippen molar-refractivity contribution in [2.75, 3.05) is 20.3 Å². The first-order valence-electron chi connectivity index (χ1n) is 10.2. The van der Waals surface area contributed by atoms with E-state index in [4.69, 9.17) is 4.74 Å². The summed E-state index contributed by atoms with van der Waals surface area (Å²) >= 11 is 0. The normalized spacial score (nSPS) is 26.6. The molecule has 28 heavy (non-hydrogen) atoms. The Balaban J connectivity index is 1.76. The second-order valence-electron chi connectivity index (χ2n) is 9.86. The van der Waals surface area contributed by atoms with E-state index in [2.05, 4.69) is 45.0 Å². The molecule has 1 saturated heterocycles. The number of amides is 2. The molecule has 1 saturated carbocycles. The monoisotopic (exact) mass is 390 g/mol. The third-order valence-electron chi connectivity index (χ3n) is 6.04. The lowest BCUT2D eigenvalue weighted by Gasteiger charge is -2.38. The molecule has 1 unspecified atom stereocenters. The van der Waals surface area contributed by atoms with E-state index in [-0.39, 0.29) is 40.6 Å². The first kappa shape index (κ1) is 20.8. The fourth-order valence-electron chi connectivity index (χ4n) is 4.31. The molecule has 2 fully saturated rings. The summed E-state index contributed by atoms with van der Waals surface area (Å²) in [6.07, 6.45) is 5.22. The van der Waals surface area contributed by atoms with Gasteiger partial charge in [-0.25, -0.2) is 0 Å². The number of hydrogen-bond donors (Lipinski definition) is 1. The van der Waals surface area contributed by atoms with E-state index >= 15 is 0 Å². The molecule has 156 valence electrons. The summed E-state index contributed by atoms with van der Waals surface area (Å²) in [7, 11) is 1.67. The van der Waals surface area contributed by atoms with E-state index in [0.29, 0.717) is 26.1 Å². The zero-order chi connectivity index (χ0) is 20.7. The second kappa shape index (κ2) is 7.50. The molecule has 1 aliphatic heterocycles. The van der Waals surface area contributed by atoms with Crippen LogP contribution in [0.5, 0.6) is 0 Å². The number of methoxy groups -OCH3 is 1. The molecule has 0 spiro atoms. The topological polar surface area (TPSA) is 76.5 Å². The highest BCUT2D eigenvalue weighted by Crippen LogP contribution is 2.51. The number of hydrogen-bond acceptors (Lipinski definition) is 4. The van der Waals surface area contributed by atoms with Crippen LogP contribution in [0.4, 0.5) is 0 Å². The maximum Gasteiger partial charge on any atom is 0.223 e. The van der Waals surface area contributed by atoms with Crippen LogP contribution in [0.2, 0.25) is 0 Å². The molecule has 3 atom stereocenters. The van der Waals surface area contributed by atoms with Crippen LogP contribution < -0.4 is 5.32 Å². The quantitative estimate of drug-likeness (QED) is 0.776. The second-order valence-corrected chi connectivity index (χ2v) is 9.86. The van der Waals surface area contributed by atoms with Gasteiger partial charge in [-0.2, -0.15) is 5.10 Å². The summed E-state index contributed by atoms with van der Waals surface area (Å²) in [5.41, 5.74) is 0.825. The molecule has 7 nitrogen and oxygen atoms in total. The van der Waals surface area contributed by atoms with Gasteiger partial charge in [0.1, 0.15) is 0 Å². The first-order chi connectivity index (χ1) is 13.0. The van der Waals surface area contributed by atoms with Crippen LogP contribution in [0.15, 0.2) is 12.4 Å². The van der Waals surface area contributed by atoms with Gasteiger partial charge in [-0.1, -0.05) is 13.8 Å². The number of nitrogens with one attached hydrogen (secondary N) is 1. The highest BCUT2D eigenvalue weighted by atomic mass is 16.5. The molecular formula is C21H34N4O3. The Morgan fingerprint density at radius 3 is 2.64 bits per heavy atom. The predicted octanol–water partition coefficient (Wildman–Crippen LogP) is 2.38. The number of carbonyl (C=O) groups is 2. The Morgan fingerprint density at radius 2 is 2.07 bits per heavy atom. The van der Waals surface area contributed by atoms with E-state index in [9.17, 15) is 9.59 Å². The lowest BCUT2D eigenvalue weighted by Crippen LogP contribution is -2.44. The predicted molar refractivity (Wildman–Crippen MR) is 106 cm³/mol.